The van der Waals surface area contributed by atoms with Crippen LogP contribution in [0.5, 0.6) is 0 Å². The van der Waals surface area contributed by atoms with Crippen molar-refractivity contribution in [2.75, 3.05) is 5.32 Å². The smallest absolute Gasteiger partial charge is 0.326 e. The van der Waals surface area contributed by atoms with E-state index >= 15 is 0 Å². The highest BCUT2D eigenvalue weighted by atomic mass is 19.4. The van der Waals surface area contributed by atoms with Crippen molar-refractivity contribution in [2.24, 2.45) is 0 Å². The summed E-state index contributed by atoms with van der Waals surface area (Å²) in [5.41, 5.74) is 2.44. The van der Waals surface area contributed by atoms with Gasteiger partial charge in [0.25, 0.3) is 5.56 Å². The predicted molar refractivity (Wildman–Crippen MR) is 113 cm³/mol. The number of aromatic amines is 1. The van der Waals surface area contributed by atoms with Gasteiger partial charge in [-0.1, -0.05) is 30.7 Å². The quantitative estimate of drug-likeness (QED) is 0.492. The van der Waals surface area contributed by atoms with Crippen LogP contribution in [0.15, 0.2) is 47.4 Å². The zero-order valence-corrected chi connectivity index (χ0v) is 16.8. The van der Waals surface area contributed by atoms with Crippen LogP contribution in [0.1, 0.15) is 18.9 Å². The fraction of sp³-hybridized carbons (Fsp3) is 0.227. The summed E-state index contributed by atoms with van der Waals surface area (Å²) in [6.45, 7) is 2.19. The molecule has 0 saturated carbocycles. The molecule has 160 valence electrons. The number of alkyl halides is 3. The van der Waals surface area contributed by atoms with Crippen LogP contribution in [0.25, 0.3) is 32.9 Å². The predicted octanol–water partition coefficient (Wildman–Crippen LogP) is 4.76. The van der Waals surface area contributed by atoms with Gasteiger partial charge in [0, 0.05) is 23.1 Å². The average molecular weight is 428 g/mol. The van der Waals surface area contributed by atoms with Gasteiger partial charge < -0.3 is 5.32 Å². The maximum absolute atomic E-state index is 13.3. The number of nitrogens with one attached hydrogen (secondary N) is 2. The van der Waals surface area contributed by atoms with E-state index in [1.807, 2.05) is 19.1 Å². The lowest BCUT2D eigenvalue weighted by Gasteiger charge is -2.16. The molecular formula is C22H19F3N4O2. The third-order valence-electron chi connectivity index (χ3n) is 5.09. The monoisotopic (exact) mass is 428 g/mol. The van der Waals surface area contributed by atoms with Crippen molar-refractivity contribution in [3.05, 3.63) is 58.5 Å². The van der Waals surface area contributed by atoms with Crippen molar-refractivity contribution in [2.45, 2.75) is 33.0 Å². The van der Waals surface area contributed by atoms with Gasteiger partial charge in [-0.25, -0.2) is 0 Å². The molecule has 2 N–H and O–H groups in total. The number of carbonyl (C=O) groups excluding carboxylic acids is 1. The van der Waals surface area contributed by atoms with Gasteiger partial charge in [-0.3, -0.25) is 19.3 Å². The first-order chi connectivity index (χ1) is 14.7. The molecule has 0 aliphatic carbocycles. The Morgan fingerprint density at radius 2 is 1.94 bits per heavy atom. The van der Waals surface area contributed by atoms with Gasteiger partial charge in [-0.2, -0.15) is 18.3 Å². The van der Waals surface area contributed by atoms with Crippen LogP contribution in [0, 0.1) is 6.92 Å². The van der Waals surface area contributed by atoms with Crippen LogP contribution in [0.3, 0.4) is 0 Å². The normalized spacial score (nSPS) is 11.9. The second-order valence-electron chi connectivity index (χ2n) is 7.35. The maximum atomic E-state index is 13.3. The number of aryl methyl sites for hydroxylation is 1. The number of pyridine rings is 1. The van der Waals surface area contributed by atoms with E-state index in [-0.39, 0.29) is 23.2 Å². The maximum Gasteiger partial charge on any atom is 0.406 e. The molecule has 0 radical (unpaired) electrons. The first-order valence-electron chi connectivity index (χ1n) is 9.65. The molecule has 2 aromatic heterocycles. The van der Waals surface area contributed by atoms with Crippen LogP contribution in [-0.2, 0) is 11.3 Å². The third kappa shape index (κ3) is 3.90. The number of carbonyl (C=O) groups is 1. The highest BCUT2D eigenvalue weighted by molar-refractivity contribution is 6.05. The number of hydrogen-bond acceptors (Lipinski definition) is 3. The molecule has 0 fully saturated rings. The molecule has 1 amide bonds. The van der Waals surface area contributed by atoms with Crippen molar-refractivity contribution in [3.8, 4) is 11.1 Å². The first kappa shape index (κ1) is 20.6. The fourth-order valence-corrected chi connectivity index (χ4v) is 3.62. The summed E-state index contributed by atoms with van der Waals surface area (Å²) in [6.07, 6.45) is -3.06. The lowest BCUT2D eigenvalue weighted by Crippen LogP contribution is -2.28. The fourth-order valence-electron chi connectivity index (χ4n) is 3.62. The van der Waals surface area contributed by atoms with Crippen molar-refractivity contribution in [1.82, 2.24) is 14.8 Å². The zero-order chi connectivity index (χ0) is 22.3. The van der Waals surface area contributed by atoms with E-state index in [2.05, 4.69) is 15.5 Å². The molecule has 0 spiro atoms. The molecular weight excluding hydrogens is 409 g/mol. The van der Waals surface area contributed by atoms with Crippen LogP contribution >= 0.6 is 0 Å². The Bertz CT molecular complexity index is 1370. The van der Waals surface area contributed by atoms with Crippen LogP contribution < -0.4 is 10.9 Å². The molecule has 0 bridgehead atoms. The van der Waals surface area contributed by atoms with E-state index in [0.717, 1.165) is 10.1 Å². The largest absolute Gasteiger partial charge is 0.406 e. The number of anilines is 1. The number of amides is 1. The molecule has 6 nitrogen and oxygen atoms in total. The minimum atomic E-state index is -4.58. The molecule has 9 heteroatoms. The Morgan fingerprint density at radius 1 is 1.16 bits per heavy atom. The Labute approximate surface area is 174 Å². The van der Waals surface area contributed by atoms with Gasteiger partial charge in [0.2, 0.25) is 5.91 Å². The number of aromatic nitrogens is 3. The van der Waals surface area contributed by atoms with Gasteiger partial charge in [0.05, 0.1) is 22.6 Å². The molecule has 2 heterocycles. The van der Waals surface area contributed by atoms with Gasteiger partial charge in [-0.15, -0.1) is 0 Å². The van der Waals surface area contributed by atoms with Gasteiger partial charge in [0.1, 0.15) is 6.54 Å². The van der Waals surface area contributed by atoms with E-state index in [0.29, 0.717) is 27.7 Å². The lowest BCUT2D eigenvalue weighted by atomic mass is 9.99. The summed E-state index contributed by atoms with van der Waals surface area (Å²) in [5.74, 6) is -0.181. The Balaban J connectivity index is 2.00. The Hall–Kier alpha value is -3.62. The molecule has 4 rings (SSSR count). The van der Waals surface area contributed by atoms with E-state index in [9.17, 15) is 22.8 Å². The summed E-state index contributed by atoms with van der Waals surface area (Å²) in [7, 11) is 0. The highest BCUT2D eigenvalue weighted by Crippen LogP contribution is 2.33. The van der Waals surface area contributed by atoms with Crippen molar-refractivity contribution >= 4 is 33.4 Å². The van der Waals surface area contributed by atoms with Crippen molar-refractivity contribution in [3.63, 3.8) is 0 Å². The van der Waals surface area contributed by atoms with Gasteiger partial charge in [0.15, 0.2) is 0 Å². The molecule has 31 heavy (non-hydrogen) atoms. The average Bonchev–Trinajstić information content (AvgIpc) is 3.21. The number of nitrogens with zero attached hydrogens (tertiary/aromatic N) is 2. The molecule has 4 aromatic rings. The van der Waals surface area contributed by atoms with E-state index in [1.54, 1.807) is 31.2 Å². The number of hydrogen-bond donors (Lipinski definition) is 2. The number of benzene rings is 2. The van der Waals surface area contributed by atoms with Crippen molar-refractivity contribution < 1.29 is 18.0 Å². The molecule has 0 saturated heterocycles. The summed E-state index contributed by atoms with van der Waals surface area (Å²) >= 11 is 0. The van der Waals surface area contributed by atoms with Crippen molar-refractivity contribution in [1.29, 1.82) is 0 Å². The Morgan fingerprint density at radius 3 is 2.65 bits per heavy atom. The van der Waals surface area contributed by atoms with Gasteiger partial charge >= 0.3 is 6.18 Å². The van der Waals surface area contributed by atoms with Gasteiger partial charge in [-0.05, 0) is 30.7 Å². The summed E-state index contributed by atoms with van der Waals surface area (Å²) in [5, 5.41) is 9.90. The Kier molecular flexibility index (Phi) is 5.04. The lowest BCUT2D eigenvalue weighted by molar-refractivity contribution is -0.140. The first-order valence-corrected chi connectivity index (χ1v) is 9.65. The zero-order valence-electron chi connectivity index (χ0n) is 16.8. The molecule has 0 aliphatic heterocycles. The highest BCUT2D eigenvalue weighted by Gasteiger charge is 2.30. The third-order valence-corrected chi connectivity index (χ3v) is 5.09. The molecule has 0 unspecified atom stereocenters. The second kappa shape index (κ2) is 7.57. The molecule has 0 aliphatic rings. The number of rotatable bonds is 4. The molecule has 0 atom stereocenters. The number of fused-ring (bicyclic) bond motifs is 3. The van der Waals surface area contributed by atoms with Crippen LogP contribution in [0.4, 0.5) is 18.9 Å². The van der Waals surface area contributed by atoms with E-state index in [1.165, 1.54) is 6.20 Å². The van der Waals surface area contributed by atoms with Crippen LogP contribution in [0.2, 0.25) is 0 Å². The standard InChI is InChI=1S/C22H19F3N4O2/c1-3-19(30)27-17-7-4-12(2)8-15(17)13-5-6-14-18(9-13)29(11-22(23,24)25)21(31)16-10-26-28-20(14)16/h4-10H,3,11H2,1-2H3,(H,26,28)(H,27,30). The van der Waals surface area contributed by atoms with E-state index < -0.39 is 18.3 Å². The van der Waals surface area contributed by atoms with Crippen LogP contribution in [-0.4, -0.2) is 26.8 Å². The van der Waals surface area contributed by atoms with E-state index in [4.69, 9.17) is 0 Å². The minimum Gasteiger partial charge on any atom is -0.326 e. The SMILES string of the molecule is CCC(=O)Nc1ccc(C)cc1-c1ccc2c3[nH]ncc3c(=O)n(CC(F)(F)F)c2c1. The summed E-state index contributed by atoms with van der Waals surface area (Å²) < 4.78 is 40.5. The number of H-pyrrole nitrogens is 1. The summed E-state index contributed by atoms with van der Waals surface area (Å²) in [6, 6.07) is 10.4. The number of halogens is 3. The second-order valence-corrected chi connectivity index (χ2v) is 7.35. The molecule has 2 aromatic carbocycles. The topological polar surface area (TPSA) is 79.8 Å². The summed E-state index contributed by atoms with van der Waals surface area (Å²) in [4.78, 5) is 24.7. The minimum absolute atomic E-state index is 0.0935.